The summed E-state index contributed by atoms with van der Waals surface area (Å²) in [7, 11) is 0. The molecule has 0 aromatic carbocycles. The zero-order valence-corrected chi connectivity index (χ0v) is 16.4. The van der Waals surface area contributed by atoms with E-state index in [4.69, 9.17) is 0 Å². The summed E-state index contributed by atoms with van der Waals surface area (Å²) in [5.74, 6) is 0.0420. The molecule has 0 saturated carbocycles. The van der Waals surface area contributed by atoms with Crippen LogP contribution in [0.15, 0.2) is 30.7 Å². The molecule has 1 fully saturated rings. The lowest BCUT2D eigenvalue weighted by Gasteiger charge is -2.32. The fourth-order valence-electron chi connectivity index (χ4n) is 4.04. The van der Waals surface area contributed by atoms with Gasteiger partial charge in [0.15, 0.2) is 11.3 Å². The second-order valence-corrected chi connectivity index (χ2v) is 7.51. The van der Waals surface area contributed by atoms with Gasteiger partial charge in [0.05, 0.1) is 5.69 Å². The number of amides is 1. The number of aromatic nitrogens is 7. The molecule has 1 saturated heterocycles. The molecule has 0 radical (unpaired) electrons. The highest BCUT2D eigenvalue weighted by Gasteiger charge is 2.36. The average molecular weight is 430 g/mol. The van der Waals surface area contributed by atoms with E-state index in [1.807, 2.05) is 6.07 Å². The van der Waals surface area contributed by atoms with Crippen molar-refractivity contribution in [1.82, 2.24) is 39.1 Å². The molecule has 1 aliphatic rings. The maximum atomic E-state index is 13.4. The Bertz CT molecular complexity index is 1290. The first kappa shape index (κ1) is 19.4. The predicted octanol–water partition coefficient (Wildman–Crippen LogP) is 2.51. The third-order valence-corrected chi connectivity index (χ3v) is 5.40. The number of hydrogen-bond donors (Lipinski definition) is 0. The lowest BCUT2D eigenvalue weighted by molar-refractivity contribution is -0.142. The van der Waals surface area contributed by atoms with E-state index in [9.17, 15) is 18.0 Å². The van der Waals surface area contributed by atoms with Gasteiger partial charge in [-0.3, -0.25) is 4.79 Å². The number of aryl methyl sites for hydroxylation is 1. The van der Waals surface area contributed by atoms with Crippen LogP contribution in [0.4, 0.5) is 13.2 Å². The molecule has 0 spiro atoms. The summed E-state index contributed by atoms with van der Waals surface area (Å²) in [5.41, 5.74) is 0.0430. The summed E-state index contributed by atoms with van der Waals surface area (Å²) in [6.07, 6.45) is 0.0374. The second-order valence-electron chi connectivity index (χ2n) is 7.51. The third kappa shape index (κ3) is 3.37. The smallest absolute Gasteiger partial charge is 0.337 e. The highest BCUT2D eigenvalue weighted by atomic mass is 19.4. The van der Waals surface area contributed by atoms with E-state index < -0.39 is 17.8 Å². The Hall–Kier alpha value is -3.57. The van der Waals surface area contributed by atoms with Gasteiger partial charge in [0, 0.05) is 37.0 Å². The minimum absolute atomic E-state index is 0.00645. The lowest BCUT2D eigenvalue weighted by Crippen LogP contribution is -2.39. The van der Waals surface area contributed by atoms with Gasteiger partial charge in [0.2, 0.25) is 0 Å². The first-order valence-corrected chi connectivity index (χ1v) is 9.70. The van der Waals surface area contributed by atoms with Crippen molar-refractivity contribution in [3.05, 3.63) is 53.5 Å². The van der Waals surface area contributed by atoms with Crippen molar-refractivity contribution in [3.63, 3.8) is 0 Å². The molecule has 31 heavy (non-hydrogen) atoms. The Morgan fingerprint density at radius 3 is 2.84 bits per heavy atom. The first-order chi connectivity index (χ1) is 14.8. The molecule has 0 N–H and O–H groups in total. The van der Waals surface area contributed by atoms with Crippen molar-refractivity contribution < 1.29 is 18.0 Å². The van der Waals surface area contributed by atoms with Gasteiger partial charge in [-0.1, -0.05) is 0 Å². The van der Waals surface area contributed by atoms with E-state index in [0.717, 1.165) is 24.6 Å². The van der Waals surface area contributed by atoms with Crippen molar-refractivity contribution in [2.45, 2.75) is 31.9 Å². The van der Waals surface area contributed by atoms with Crippen LogP contribution in [0.3, 0.4) is 0 Å². The van der Waals surface area contributed by atoms with Gasteiger partial charge in [0.25, 0.3) is 11.7 Å². The largest absolute Gasteiger partial charge is 0.433 e. The number of hydrogen-bond acceptors (Lipinski definition) is 6. The number of fused-ring (bicyclic) bond motifs is 2. The van der Waals surface area contributed by atoms with Gasteiger partial charge in [-0.25, -0.2) is 19.0 Å². The van der Waals surface area contributed by atoms with Gasteiger partial charge in [-0.15, -0.1) is 0 Å². The average Bonchev–Trinajstić information content (AvgIpc) is 3.38. The molecule has 160 valence electrons. The Morgan fingerprint density at radius 2 is 2.03 bits per heavy atom. The summed E-state index contributed by atoms with van der Waals surface area (Å²) in [6, 6.07) is 4.06. The topological polar surface area (TPSA) is 93.6 Å². The number of rotatable bonds is 2. The van der Waals surface area contributed by atoms with E-state index in [0.29, 0.717) is 23.4 Å². The highest BCUT2D eigenvalue weighted by Crippen LogP contribution is 2.31. The Balaban J connectivity index is 1.46. The normalized spacial score (nSPS) is 17.5. The van der Waals surface area contributed by atoms with Crippen LogP contribution < -0.4 is 0 Å². The molecule has 5 heterocycles. The monoisotopic (exact) mass is 430 g/mol. The quantitative estimate of drug-likeness (QED) is 0.485. The molecular formula is C19H17F3N8O. The van der Waals surface area contributed by atoms with E-state index >= 15 is 0 Å². The number of alkyl halides is 3. The third-order valence-electron chi connectivity index (χ3n) is 5.40. The lowest BCUT2D eigenvalue weighted by atomic mass is 9.94. The summed E-state index contributed by atoms with van der Waals surface area (Å²) >= 11 is 0. The van der Waals surface area contributed by atoms with Crippen LogP contribution >= 0.6 is 0 Å². The molecule has 1 amide bonds. The highest BCUT2D eigenvalue weighted by molar-refractivity contribution is 5.93. The number of carbonyl (C=O) groups is 1. The number of likely N-dealkylation sites (tertiary alicyclic amines) is 1. The van der Waals surface area contributed by atoms with Crippen LogP contribution in [0.1, 0.15) is 46.3 Å². The minimum Gasteiger partial charge on any atom is -0.337 e. The van der Waals surface area contributed by atoms with Crippen LogP contribution in [0, 0.1) is 6.92 Å². The molecular weight excluding hydrogens is 413 g/mol. The molecule has 4 aromatic heterocycles. The summed E-state index contributed by atoms with van der Waals surface area (Å²) in [4.78, 5) is 27.0. The minimum atomic E-state index is -4.61. The Labute approximate surface area is 173 Å². The summed E-state index contributed by atoms with van der Waals surface area (Å²) < 4.78 is 42.5. The van der Waals surface area contributed by atoms with E-state index in [1.165, 1.54) is 19.3 Å². The molecule has 4 aromatic rings. The van der Waals surface area contributed by atoms with Gasteiger partial charge in [-0.2, -0.15) is 28.4 Å². The van der Waals surface area contributed by atoms with Gasteiger partial charge >= 0.3 is 6.18 Å². The molecule has 9 nitrogen and oxygen atoms in total. The van der Waals surface area contributed by atoms with E-state index in [2.05, 4.69) is 25.1 Å². The molecule has 1 atom stereocenters. The van der Waals surface area contributed by atoms with Crippen molar-refractivity contribution >= 4 is 17.3 Å². The molecule has 5 rings (SSSR count). The van der Waals surface area contributed by atoms with E-state index in [-0.39, 0.29) is 23.0 Å². The van der Waals surface area contributed by atoms with Crippen molar-refractivity contribution in [1.29, 1.82) is 0 Å². The second kappa shape index (κ2) is 7.00. The number of nitrogens with zero attached hydrogens (tertiary/aromatic N) is 8. The zero-order chi connectivity index (χ0) is 21.8. The molecule has 0 aliphatic carbocycles. The molecule has 0 unspecified atom stereocenters. The van der Waals surface area contributed by atoms with Crippen molar-refractivity contribution in [2.24, 2.45) is 0 Å². The number of halogens is 3. The maximum absolute atomic E-state index is 13.4. The van der Waals surface area contributed by atoms with Crippen LogP contribution in [0.5, 0.6) is 0 Å². The zero-order valence-electron chi connectivity index (χ0n) is 16.4. The Kier molecular flexibility index (Phi) is 4.38. The van der Waals surface area contributed by atoms with Crippen LogP contribution in [0.2, 0.25) is 0 Å². The molecule has 0 bridgehead atoms. The number of piperidine rings is 1. The molecule has 12 heteroatoms. The fraction of sp³-hybridized carbons (Fsp3) is 0.368. The van der Waals surface area contributed by atoms with Gasteiger partial charge in [-0.05, 0) is 31.9 Å². The first-order valence-electron chi connectivity index (χ1n) is 9.70. The summed E-state index contributed by atoms with van der Waals surface area (Å²) in [6.45, 7) is 2.36. The fourth-order valence-corrected chi connectivity index (χ4v) is 4.04. The van der Waals surface area contributed by atoms with E-state index in [1.54, 1.807) is 15.6 Å². The van der Waals surface area contributed by atoms with Crippen LogP contribution in [-0.4, -0.2) is 58.1 Å². The summed E-state index contributed by atoms with van der Waals surface area (Å²) in [5, 5.41) is 8.14. The van der Waals surface area contributed by atoms with Gasteiger partial charge in [0.1, 0.15) is 12.0 Å². The Morgan fingerprint density at radius 1 is 1.19 bits per heavy atom. The van der Waals surface area contributed by atoms with Gasteiger partial charge < -0.3 is 4.90 Å². The van der Waals surface area contributed by atoms with Crippen molar-refractivity contribution in [2.75, 3.05) is 13.1 Å². The van der Waals surface area contributed by atoms with Crippen LogP contribution in [-0.2, 0) is 6.18 Å². The van der Waals surface area contributed by atoms with Crippen molar-refractivity contribution in [3.8, 4) is 0 Å². The number of carbonyl (C=O) groups excluding carboxylic acids is 1. The predicted molar refractivity (Wildman–Crippen MR) is 101 cm³/mol. The SMILES string of the molecule is Cc1cc(C(F)(F)F)n2nc(C(=O)N3CCC[C@@H](c4ccnc5ncnn45)C3)cc2n1. The maximum Gasteiger partial charge on any atom is 0.433 e. The molecule has 1 aliphatic heterocycles. The van der Waals surface area contributed by atoms with Crippen LogP contribution in [0.25, 0.3) is 11.4 Å². The standard InChI is InChI=1S/C19H17F3N8O/c1-11-7-15(19(20,21)22)30-16(26-11)8-13(27-30)17(31)28-6-2-3-12(9-28)14-4-5-23-18-24-10-25-29(14)18/h4-5,7-8,10,12H,2-3,6,9H2,1H3/t12-/m1/s1.